The van der Waals surface area contributed by atoms with E-state index < -0.39 is 65.7 Å². The van der Waals surface area contributed by atoms with Gasteiger partial charge in [0, 0.05) is 12.1 Å². The van der Waals surface area contributed by atoms with Crippen molar-refractivity contribution in [2.45, 2.75) is 104 Å². The molecule has 0 saturated carbocycles. The number of esters is 1. The number of aryl methyl sites for hydroxylation is 2. The predicted molar refractivity (Wildman–Crippen MR) is 171 cm³/mol. The summed E-state index contributed by atoms with van der Waals surface area (Å²) in [7, 11) is 1.16. The molecule has 9 nitrogen and oxygen atoms in total. The van der Waals surface area contributed by atoms with Crippen LogP contribution in [0.4, 0.5) is 13.6 Å². The first-order valence-electron chi connectivity index (χ1n) is 15.7. The maximum Gasteiger partial charge on any atom is 0.410 e. The third-order valence-electron chi connectivity index (χ3n) is 7.89. The van der Waals surface area contributed by atoms with E-state index in [1.165, 1.54) is 11.0 Å². The number of benzene rings is 2. The lowest BCUT2D eigenvalue weighted by Gasteiger charge is -2.36. The summed E-state index contributed by atoms with van der Waals surface area (Å²) in [6, 6.07) is 4.84. The van der Waals surface area contributed by atoms with Crippen molar-refractivity contribution < 1.29 is 37.4 Å². The Hall–Kier alpha value is -4.02. The molecule has 0 radical (unpaired) electrons. The number of amides is 3. The van der Waals surface area contributed by atoms with Crippen LogP contribution in [0.25, 0.3) is 11.1 Å². The van der Waals surface area contributed by atoms with Gasteiger partial charge in [0.05, 0.1) is 19.6 Å². The van der Waals surface area contributed by atoms with Gasteiger partial charge in [-0.25, -0.2) is 13.6 Å². The summed E-state index contributed by atoms with van der Waals surface area (Å²) in [6.07, 6.45) is 0.921. The van der Waals surface area contributed by atoms with Gasteiger partial charge in [0.15, 0.2) is 11.6 Å². The first-order chi connectivity index (χ1) is 21.5. The zero-order valence-corrected chi connectivity index (χ0v) is 28.1. The van der Waals surface area contributed by atoms with Crippen molar-refractivity contribution in [1.82, 2.24) is 15.5 Å². The number of methoxy groups -OCH3 is 1. The van der Waals surface area contributed by atoms with Crippen LogP contribution in [0.1, 0.15) is 89.5 Å². The fraction of sp³-hybridized carbons (Fsp3) is 0.543. The third-order valence-corrected chi connectivity index (χ3v) is 7.89. The van der Waals surface area contributed by atoms with Crippen LogP contribution in [0, 0.1) is 31.4 Å². The molecule has 0 unspecified atom stereocenters. The molecule has 1 saturated heterocycles. The zero-order valence-electron chi connectivity index (χ0n) is 28.1. The van der Waals surface area contributed by atoms with Gasteiger partial charge in [-0.15, -0.1) is 0 Å². The molecule has 1 aliphatic heterocycles. The number of ether oxygens (including phenoxy) is 2. The van der Waals surface area contributed by atoms with E-state index in [9.17, 15) is 19.2 Å². The van der Waals surface area contributed by atoms with Crippen molar-refractivity contribution in [3.05, 3.63) is 58.7 Å². The van der Waals surface area contributed by atoms with Crippen LogP contribution in [0.3, 0.4) is 0 Å². The molecule has 0 spiro atoms. The summed E-state index contributed by atoms with van der Waals surface area (Å²) in [4.78, 5) is 54.2. The van der Waals surface area contributed by atoms with Gasteiger partial charge in [-0.3, -0.25) is 19.3 Å². The van der Waals surface area contributed by atoms with Crippen LogP contribution in [-0.2, 0) is 23.9 Å². The highest BCUT2D eigenvalue weighted by molar-refractivity contribution is 5.92. The Morgan fingerprint density at radius 1 is 1.02 bits per heavy atom. The molecule has 1 heterocycles. The Morgan fingerprint density at radius 3 is 2.26 bits per heavy atom. The summed E-state index contributed by atoms with van der Waals surface area (Å²) in [5.74, 6) is -4.35. The van der Waals surface area contributed by atoms with Crippen LogP contribution >= 0.6 is 0 Å². The minimum atomic E-state index is -1.31. The standard InChI is InChI=1S/C35H47F2N3O6/c1-20(2)16-27(39-33(43)28-14-9-10-15-40(28)34(44)46-35(5,6)7)32(42)38-26(19-29(41)45-8)24-17-23(18-25(36)31(24)37)30-21(3)12-11-13-22(30)4/h11-13,17-18,20,26-28H,9-10,14-16,19H2,1-8H3,(H,38,42)(H,39,43)/t26-,27-,28+/m0/s1. The highest BCUT2D eigenvalue weighted by Gasteiger charge is 2.37. The van der Waals surface area contributed by atoms with E-state index in [4.69, 9.17) is 9.47 Å². The second-order valence-corrected chi connectivity index (χ2v) is 13.3. The Kier molecular flexibility index (Phi) is 12.3. The van der Waals surface area contributed by atoms with Gasteiger partial charge >= 0.3 is 12.1 Å². The molecule has 252 valence electrons. The van der Waals surface area contributed by atoms with Crippen LogP contribution in [0.15, 0.2) is 30.3 Å². The number of nitrogens with one attached hydrogen (secondary N) is 2. The molecule has 11 heteroatoms. The van der Waals surface area contributed by atoms with Crippen LogP contribution in [0.5, 0.6) is 0 Å². The van der Waals surface area contributed by atoms with Gasteiger partial charge in [0.1, 0.15) is 17.7 Å². The lowest BCUT2D eigenvalue weighted by Crippen LogP contribution is -2.57. The number of carbonyl (C=O) groups is 4. The lowest BCUT2D eigenvalue weighted by atomic mass is 9.92. The molecule has 2 N–H and O–H groups in total. The number of halogens is 2. The van der Waals surface area contributed by atoms with Crippen molar-refractivity contribution in [3.63, 3.8) is 0 Å². The summed E-state index contributed by atoms with van der Waals surface area (Å²) in [6.45, 7) is 13.0. The Morgan fingerprint density at radius 2 is 1.67 bits per heavy atom. The largest absolute Gasteiger partial charge is 0.469 e. The lowest BCUT2D eigenvalue weighted by molar-refractivity contribution is -0.141. The minimum absolute atomic E-state index is 0.0510. The molecule has 1 aliphatic rings. The molecule has 0 aromatic heterocycles. The van der Waals surface area contributed by atoms with Crippen molar-refractivity contribution in [3.8, 4) is 11.1 Å². The van der Waals surface area contributed by atoms with E-state index in [1.54, 1.807) is 20.8 Å². The number of hydrogen-bond donors (Lipinski definition) is 2. The van der Waals surface area contributed by atoms with Gasteiger partial charge in [-0.1, -0.05) is 32.0 Å². The van der Waals surface area contributed by atoms with Crippen LogP contribution in [0.2, 0.25) is 0 Å². The first kappa shape index (κ1) is 36.4. The summed E-state index contributed by atoms with van der Waals surface area (Å²) < 4.78 is 40.9. The average Bonchev–Trinajstić information content (AvgIpc) is 2.96. The Labute approximate surface area is 270 Å². The molecule has 3 atom stereocenters. The van der Waals surface area contributed by atoms with Gasteiger partial charge in [0.25, 0.3) is 0 Å². The number of piperidine rings is 1. The second kappa shape index (κ2) is 15.5. The number of nitrogens with zero attached hydrogens (tertiary/aromatic N) is 1. The SMILES string of the molecule is COC(=O)C[C@H](NC(=O)[C@H](CC(C)C)NC(=O)[C@H]1CCCCN1C(=O)OC(C)(C)C)c1cc(-c2c(C)cccc2C)cc(F)c1F. The summed E-state index contributed by atoms with van der Waals surface area (Å²) in [5.41, 5.74) is 1.79. The van der Waals surface area contributed by atoms with E-state index >= 15 is 8.78 Å². The molecule has 0 aliphatic carbocycles. The van der Waals surface area contributed by atoms with Gasteiger partial charge in [0.2, 0.25) is 11.8 Å². The normalized spacial score (nSPS) is 16.4. The first-order valence-corrected chi connectivity index (χ1v) is 15.7. The fourth-order valence-electron chi connectivity index (χ4n) is 5.75. The molecule has 3 rings (SSSR count). The number of rotatable bonds is 10. The number of carbonyl (C=O) groups excluding carboxylic acids is 4. The smallest absolute Gasteiger partial charge is 0.410 e. The molecule has 0 bridgehead atoms. The van der Waals surface area contributed by atoms with Crippen molar-refractivity contribution in [2.75, 3.05) is 13.7 Å². The number of hydrogen-bond acceptors (Lipinski definition) is 6. The maximum absolute atomic E-state index is 15.5. The van der Waals surface area contributed by atoms with Crippen molar-refractivity contribution >= 4 is 23.9 Å². The van der Waals surface area contributed by atoms with Gasteiger partial charge < -0.3 is 20.1 Å². The summed E-state index contributed by atoms with van der Waals surface area (Å²) >= 11 is 0. The zero-order chi connectivity index (χ0) is 34.3. The highest BCUT2D eigenvalue weighted by atomic mass is 19.2. The van der Waals surface area contributed by atoms with Gasteiger partial charge in [-0.2, -0.15) is 0 Å². The van der Waals surface area contributed by atoms with E-state index in [1.807, 2.05) is 45.9 Å². The van der Waals surface area contributed by atoms with Crippen LogP contribution in [-0.4, -0.2) is 60.1 Å². The number of likely N-dealkylation sites (tertiary alicyclic amines) is 1. The van der Waals surface area contributed by atoms with Crippen molar-refractivity contribution in [2.24, 2.45) is 5.92 Å². The molecule has 3 amide bonds. The topological polar surface area (TPSA) is 114 Å². The minimum Gasteiger partial charge on any atom is -0.469 e. The fourth-order valence-corrected chi connectivity index (χ4v) is 5.75. The van der Waals surface area contributed by atoms with E-state index in [2.05, 4.69) is 10.6 Å². The average molecular weight is 644 g/mol. The summed E-state index contributed by atoms with van der Waals surface area (Å²) in [5, 5.41) is 5.47. The monoisotopic (exact) mass is 643 g/mol. The Bertz CT molecular complexity index is 1420. The van der Waals surface area contributed by atoms with E-state index in [0.717, 1.165) is 24.3 Å². The molecular formula is C35H47F2N3O6. The molecule has 2 aromatic rings. The predicted octanol–water partition coefficient (Wildman–Crippen LogP) is 6.29. The maximum atomic E-state index is 15.5. The van der Waals surface area contributed by atoms with E-state index in [0.29, 0.717) is 36.9 Å². The third kappa shape index (κ3) is 9.50. The highest BCUT2D eigenvalue weighted by Crippen LogP contribution is 2.33. The van der Waals surface area contributed by atoms with E-state index in [-0.39, 0.29) is 17.9 Å². The Balaban J connectivity index is 1.95. The van der Waals surface area contributed by atoms with Crippen LogP contribution < -0.4 is 10.6 Å². The molecule has 2 aromatic carbocycles. The quantitative estimate of drug-likeness (QED) is 0.294. The molecular weight excluding hydrogens is 596 g/mol. The molecule has 1 fully saturated rings. The second-order valence-electron chi connectivity index (χ2n) is 13.3. The molecule has 46 heavy (non-hydrogen) atoms. The van der Waals surface area contributed by atoms with Gasteiger partial charge in [-0.05, 0) is 101 Å². The van der Waals surface area contributed by atoms with Crippen molar-refractivity contribution in [1.29, 1.82) is 0 Å².